The first-order valence-corrected chi connectivity index (χ1v) is 7.20. The Kier molecular flexibility index (Phi) is 5.11. The number of pyridine rings is 1. The number of carboxylic acid groups (broad SMARTS) is 1. The average Bonchev–Trinajstić information content (AvgIpc) is 2.47. The second-order valence-corrected chi connectivity index (χ2v) is 5.51. The van der Waals surface area contributed by atoms with Gasteiger partial charge in [-0.15, -0.1) is 0 Å². The van der Waals surface area contributed by atoms with Crippen molar-refractivity contribution in [2.24, 2.45) is 0 Å². The van der Waals surface area contributed by atoms with Gasteiger partial charge >= 0.3 is 5.97 Å². The Labute approximate surface area is 134 Å². The van der Waals surface area contributed by atoms with Gasteiger partial charge in [-0.2, -0.15) is 0 Å². The molecule has 6 nitrogen and oxygen atoms in total. The molecule has 1 aromatic heterocycles. The molecule has 0 bridgehead atoms. The lowest BCUT2D eigenvalue weighted by atomic mass is 10.2. The van der Waals surface area contributed by atoms with Crippen molar-refractivity contribution in [3.8, 4) is 0 Å². The van der Waals surface area contributed by atoms with E-state index in [-0.39, 0.29) is 18.0 Å². The number of nitrogens with one attached hydrogen (secondary N) is 1. The maximum atomic E-state index is 11.9. The van der Waals surface area contributed by atoms with Gasteiger partial charge in [-0.3, -0.25) is 9.59 Å². The van der Waals surface area contributed by atoms with Crippen LogP contribution in [0.25, 0.3) is 0 Å². The Balaban J connectivity index is 2.01. The standard InChI is InChI=1S/C15H13BrN2O4/c16-12-3-1-2-10(6-12)7-17-13(19)9-18-8-11(15(21)22)4-5-14(18)20/h1-6,8H,7,9H2,(H,17,19)(H,21,22). The normalized spacial score (nSPS) is 10.2. The van der Waals surface area contributed by atoms with Crippen molar-refractivity contribution in [2.75, 3.05) is 0 Å². The van der Waals surface area contributed by atoms with Crippen molar-refractivity contribution in [3.05, 3.63) is 68.5 Å². The van der Waals surface area contributed by atoms with Gasteiger partial charge in [0.1, 0.15) is 6.54 Å². The van der Waals surface area contributed by atoms with Gasteiger partial charge in [-0.05, 0) is 23.8 Å². The lowest BCUT2D eigenvalue weighted by Crippen LogP contribution is -2.32. The van der Waals surface area contributed by atoms with Gasteiger partial charge in [0.25, 0.3) is 5.56 Å². The van der Waals surface area contributed by atoms with Gasteiger partial charge in [0.05, 0.1) is 5.56 Å². The third kappa shape index (κ3) is 4.29. The molecule has 2 N–H and O–H groups in total. The number of halogens is 1. The highest BCUT2D eigenvalue weighted by molar-refractivity contribution is 9.10. The summed E-state index contributed by atoms with van der Waals surface area (Å²) in [5.74, 6) is -1.52. The number of hydrogen-bond donors (Lipinski definition) is 2. The minimum absolute atomic E-state index is 0.0422. The molecule has 0 unspecified atom stereocenters. The summed E-state index contributed by atoms with van der Waals surface area (Å²) in [5, 5.41) is 11.6. The predicted molar refractivity (Wildman–Crippen MR) is 83.7 cm³/mol. The van der Waals surface area contributed by atoms with E-state index in [1.165, 1.54) is 6.07 Å². The van der Waals surface area contributed by atoms with E-state index in [1.807, 2.05) is 24.3 Å². The van der Waals surface area contributed by atoms with E-state index in [1.54, 1.807) is 0 Å². The van der Waals surface area contributed by atoms with Crippen LogP contribution < -0.4 is 10.9 Å². The summed E-state index contributed by atoms with van der Waals surface area (Å²) in [4.78, 5) is 34.4. The van der Waals surface area contributed by atoms with E-state index in [4.69, 9.17) is 5.11 Å². The minimum atomic E-state index is -1.15. The molecule has 0 radical (unpaired) electrons. The van der Waals surface area contributed by atoms with Gasteiger partial charge in [-0.1, -0.05) is 28.1 Å². The number of amides is 1. The first-order valence-electron chi connectivity index (χ1n) is 6.40. The maximum absolute atomic E-state index is 11.9. The van der Waals surface area contributed by atoms with Gasteiger partial charge in [0.2, 0.25) is 5.91 Å². The molecule has 0 aliphatic carbocycles. The smallest absolute Gasteiger partial charge is 0.337 e. The highest BCUT2D eigenvalue weighted by Gasteiger charge is 2.08. The van der Waals surface area contributed by atoms with Crippen LogP contribution in [0.4, 0.5) is 0 Å². The molecule has 0 saturated carbocycles. The van der Waals surface area contributed by atoms with Crippen LogP contribution in [-0.2, 0) is 17.9 Å². The summed E-state index contributed by atoms with van der Waals surface area (Å²) >= 11 is 3.34. The van der Waals surface area contributed by atoms with E-state index in [9.17, 15) is 14.4 Å². The third-order valence-corrected chi connectivity index (χ3v) is 3.42. The molecular formula is C15H13BrN2O4. The second-order valence-electron chi connectivity index (χ2n) is 4.60. The van der Waals surface area contributed by atoms with E-state index in [2.05, 4.69) is 21.2 Å². The molecule has 7 heteroatoms. The summed E-state index contributed by atoms with van der Waals surface area (Å²) in [6.07, 6.45) is 1.16. The summed E-state index contributed by atoms with van der Waals surface area (Å²) in [6.45, 7) is 0.0968. The van der Waals surface area contributed by atoms with Gasteiger partial charge < -0.3 is 15.0 Å². The quantitative estimate of drug-likeness (QED) is 0.843. The highest BCUT2D eigenvalue weighted by Crippen LogP contribution is 2.11. The van der Waals surface area contributed by atoms with Crippen LogP contribution in [0.5, 0.6) is 0 Å². The molecule has 1 heterocycles. The summed E-state index contributed by atoms with van der Waals surface area (Å²) in [5.41, 5.74) is 0.441. The van der Waals surface area contributed by atoms with E-state index < -0.39 is 11.5 Å². The number of benzene rings is 1. The summed E-state index contributed by atoms with van der Waals surface area (Å²) in [7, 11) is 0. The molecule has 0 aliphatic heterocycles. The fourth-order valence-electron chi connectivity index (χ4n) is 1.84. The van der Waals surface area contributed by atoms with Crippen molar-refractivity contribution in [1.82, 2.24) is 9.88 Å². The van der Waals surface area contributed by atoms with Crippen molar-refractivity contribution in [1.29, 1.82) is 0 Å². The number of carbonyl (C=O) groups excluding carboxylic acids is 1. The van der Waals surface area contributed by atoms with Gasteiger partial charge in [0, 0.05) is 23.3 Å². The lowest BCUT2D eigenvalue weighted by Gasteiger charge is -2.08. The molecule has 114 valence electrons. The largest absolute Gasteiger partial charge is 0.478 e. The molecule has 1 amide bonds. The summed E-state index contributed by atoms with van der Waals surface area (Å²) in [6, 6.07) is 9.81. The number of carboxylic acids is 1. The fraction of sp³-hybridized carbons (Fsp3) is 0.133. The number of nitrogens with zero attached hydrogens (tertiary/aromatic N) is 1. The molecule has 2 rings (SSSR count). The zero-order chi connectivity index (χ0) is 16.1. The van der Waals surface area contributed by atoms with Crippen molar-refractivity contribution in [3.63, 3.8) is 0 Å². The van der Waals surface area contributed by atoms with Crippen molar-refractivity contribution >= 4 is 27.8 Å². The second kappa shape index (κ2) is 7.04. The maximum Gasteiger partial charge on any atom is 0.337 e. The molecule has 1 aromatic carbocycles. The van der Waals surface area contributed by atoms with Crippen molar-refractivity contribution < 1.29 is 14.7 Å². The topological polar surface area (TPSA) is 88.4 Å². The third-order valence-electron chi connectivity index (χ3n) is 2.92. The Morgan fingerprint density at radius 2 is 2.00 bits per heavy atom. The molecule has 0 aliphatic rings. The van der Waals surface area contributed by atoms with E-state index in [0.717, 1.165) is 26.9 Å². The van der Waals surface area contributed by atoms with Crippen LogP contribution in [-0.4, -0.2) is 21.6 Å². The SMILES string of the molecule is O=C(Cn1cc(C(=O)O)ccc1=O)NCc1cccc(Br)c1. The molecule has 2 aromatic rings. The molecule has 0 spiro atoms. The monoisotopic (exact) mass is 364 g/mol. The minimum Gasteiger partial charge on any atom is -0.478 e. The lowest BCUT2D eigenvalue weighted by molar-refractivity contribution is -0.121. The van der Waals surface area contributed by atoms with Crippen LogP contribution in [0, 0.1) is 0 Å². The molecular weight excluding hydrogens is 352 g/mol. The van der Waals surface area contributed by atoms with Crippen LogP contribution in [0.3, 0.4) is 0 Å². The number of aromatic carboxylic acids is 1. The zero-order valence-electron chi connectivity index (χ0n) is 11.5. The summed E-state index contributed by atoms with van der Waals surface area (Å²) < 4.78 is 1.98. The Morgan fingerprint density at radius 1 is 1.23 bits per heavy atom. The van der Waals surface area contributed by atoms with Gasteiger partial charge in [0.15, 0.2) is 0 Å². The van der Waals surface area contributed by atoms with Crippen LogP contribution in [0.2, 0.25) is 0 Å². The Hall–Kier alpha value is -2.41. The van der Waals surface area contributed by atoms with Crippen LogP contribution in [0.1, 0.15) is 15.9 Å². The molecule has 22 heavy (non-hydrogen) atoms. The molecule has 0 fully saturated rings. The predicted octanol–water partition coefficient (Wildman–Crippen LogP) is 1.63. The Morgan fingerprint density at radius 3 is 2.68 bits per heavy atom. The van der Waals surface area contributed by atoms with Gasteiger partial charge in [-0.25, -0.2) is 4.79 Å². The fourth-order valence-corrected chi connectivity index (χ4v) is 2.29. The van der Waals surface area contributed by atoms with Crippen LogP contribution in [0.15, 0.2) is 51.9 Å². The number of aromatic nitrogens is 1. The van der Waals surface area contributed by atoms with E-state index in [0.29, 0.717) is 6.54 Å². The highest BCUT2D eigenvalue weighted by atomic mass is 79.9. The molecule has 0 saturated heterocycles. The first kappa shape index (κ1) is 16.0. The number of hydrogen-bond acceptors (Lipinski definition) is 3. The van der Waals surface area contributed by atoms with Crippen LogP contribution >= 0.6 is 15.9 Å². The molecule has 0 atom stereocenters. The van der Waals surface area contributed by atoms with E-state index >= 15 is 0 Å². The number of rotatable bonds is 5. The van der Waals surface area contributed by atoms with Crippen molar-refractivity contribution in [2.45, 2.75) is 13.1 Å². The zero-order valence-corrected chi connectivity index (χ0v) is 13.0. The average molecular weight is 365 g/mol. The number of carbonyl (C=O) groups is 2. The first-order chi connectivity index (χ1) is 10.5. The Bertz CT molecular complexity index is 770.